The number of para-hydroxylation sites is 1. The van der Waals surface area contributed by atoms with Gasteiger partial charge in [-0.3, -0.25) is 19.2 Å². The van der Waals surface area contributed by atoms with Crippen LogP contribution in [0, 0.1) is 5.92 Å². The van der Waals surface area contributed by atoms with E-state index in [0.717, 1.165) is 27.6 Å². The van der Waals surface area contributed by atoms with Crippen molar-refractivity contribution in [3.05, 3.63) is 108 Å². The highest BCUT2D eigenvalue weighted by atomic mass is 16.2. The van der Waals surface area contributed by atoms with Crippen molar-refractivity contribution in [1.82, 2.24) is 25.8 Å². The summed E-state index contributed by atoms with van der Waals surface area (Å²) < 4.78 is 0. The van der Waals surface area contributed by atoms with Crippen LogP contribution in [0.25, 0.3) is 10.9 Å². The van der Waals surface area contributed by atoms with Gasteiger partial charge in [0.05, 0.1) is 0 Å². The Bertz CT molecular complexity index is 1650. The zero-order chi connectivity index (χ0) is 30.6. The molecule has 4 aromatic rings. The molecule has 2 fully saturated rings. The van der Waals surface area contributed by atoms with Gasteiger partial charge >= 0.3 is 0 Å². The Labute approximate surface area is 256 Å². The number of hydrogen-bond acceptors (Lipinski definition) is 4. The van der Waals surface area contributed by atoms with Gasteiger partial charge in [0.1, 0.15) is 24.2 Å². The number of aromatic nitrogens is 1. The Morgan fingerprint density at radius 2 is 1.20 bits per heavy atom. The van der Waals surface area contributed by atoms with Crippen LogP contribution in [0.3, 0.4) is 0 Å². The number of fused-ring (bicyclic) bond motifs is 2. The van der Waals surface area contributed by atoms with Crippen LogP contribution in [-0.4, -0.2) is 64.2 Å². The first-order valence-corrected chi connectivity index (χ1v) is 15.2. The number of rotatable bonds is 6. The highest BCUT2D eigenvalue weighted by Crippen LogP contribution is 2.26. The van der Waals surface area contributed by atoms with E-state index in [2.05, 4.69) is 20.9 Å². The topological polar surface area (TPSA) is 123 Å². The molecule has 3 heterocycles. The minimum absolute atomic E-state index is 0.0870. The molecule has 6 rings (SSSR count). The second-order valence-electron chi connectivity index (χ2n) is 12.0. The second kappa shape index (κ2) is 12.8. The first-order chi connectivity index (χ1) is 21.4. The molecule has 2 aliphatic rings. The van der Waals surface area contributed by atoms with Gasteiger partial charge in [0.15, 0.2) is 0 Å². The van der Waals surface area contributed by atoms with Crippen LogP contribution in [-0.2, 0) is 38.4 Å². The molecule has 0 radical (unpaired) electrons. The van der Waals surface area contributed by atoms with Crippen LogP contribution in [0.5, 0.6) is 0 Å². The molecule has 5 atom stereocenters. The molecule has 2 saturated heterocycles. The highest BCUT2D eigenvalue weighted by Gasteiger charge is 2.43. The molecule has 9 nitrogen and oxygen atoms in total. The maximum atomic E-state index is 14.2. The Balaban J connectivity index is 1.37. The molecule has 3 aromatic carbocycles. The molecule has 0 aliphatic carbocycles. The van der Waals surface area contributed by atoms with Crippen molar-refractivity contribution in [2.75, 3.05) is 6.54 Å². The van der Waals surface area contributed by atoms with E-state index >= 15 is 0 Å². The molecule has 44 heavy (non-hydrogen) atoms. The fraction of sp³-hybridized carbons (Fsp3) is 0.314. The number of benzene rings is 3. The molecule has 4 amide bonds. The van der Waals surface area contributed by atoms with Crippen LogP contribution in [0.4, 0.5) is 0 Å². The molecular formula is C35H37N5O4. The summed E-state index contributed by atoms with van der Waals surface area (Å²) in [7, 11) is 0. The predicted octanol–water partition coefficient (Wildman–Crippen LogP) is 2.90. The number of carbonyl (C=O) groups is 4. The Morgan fingerprint density at radius 3 is 1.89 bits per heavy atom. The normalized spacial score (nSPS) is 24.6. The first-order valence-electron chi connectivity index (χ1n) is 15.2. The van der Waals surface area contributed by atoms with E-state index in [1.54, 1.807) is 4.90 Å². The van der Waals surface area contributed by atoms with Gasteiger partial charge in [-0.15, -0.1) is 0 Å². The van der Waals surface area contributed by atoms with E-state index in [1.807, 2.05) is 98.0 Å². The number of carbonyl (C=O) groups excluding carboxylic acids is 4. The monoisotopic (exact) mass is 591 g/mol. The maximum Gasteiger partial charge on any atom is 0.246 e. The standard InChI is InChI=1S/C35H37N5O4/c1-22-16-31-34(43)38-28(17-23-10-4-2-5-11-23)32(41)37-29(19-25-20-36-27-15-9-8-14-26(25)27)33(42)39-30(35(44)40(31)21-22)18-24-12-6-3-7-13-24/h2-15,20,22,28-31,36H,16-19,21H2,1H3,(H,37,41)(H,38,43)(H,39,42)/t22?,28-,29+,30-,31+/m0/s1. The minimum Gasteiger partial charge on any atom is -0.361 e. The van der Waals surface area contributed by atoms with Crippen molar-refractivity contribution in [3.8, 4) is 0 Å². The van der Waals surface area contributed by atoms with Crippen molar-refractivity contribution in [2.24, 2.45) is 5.92 Å². The van der Waals surface area contributed by atoms with Crippen LogP contribution in [0.1, 0.15) is 30.0 Å². The van der Waals surface area contributed by atoms with Crippen LogP contribution < -0.4 is 16.0 Å². The highest BCUT2D eigenvalue weighted by molar-refractivity contribution is 5.98. The van der Waals surface area contributed by atoms with Gasteiger partial charge in [-0.2, -0.15) is 0 Å². The molecule has 1 unspecified atom stereocenters. The number of hydrogen-bond donors (Lipinski definition) is 4. The van der Waals surface area contributed by atoms with Crippen molar-refractivity contribution in [1.29, 1.82) is 0 Å². The van der Waals surface area contributed by atoms with E-state index in [0.29, 0.717) is 13.0 Å². The van der Waals surface area contributed by atoms with Crippen LogP contribution in [0.15, 0.2) is 91.1 Å². The van der Waals surface area contributed by atoms with E-state index in [-0.39, 0.29) is 37.0 Å². The van der Waals surface area contributed by atoms with Crippen molar-refractivity contribution >= 4 is 34.5 Å². The summed E-state index contributed by atoms with van der Waals surface area (Å²) in [4.78, 5) is 60.8. The SMILES string of the molecule is CC1C[C@@H]2C(=O)N[C@@H](Cc3ccccc3)C(=O)N[C@H](Cc3c[nH]c4ccccc34)C(=O)N[C@@H](Cc3ccccc3)C(=O)N2C1. The van der Waals surface area contributed by atoms with Gasteiger partial charge in [0.2, 0.25) is 23.6 Å². The van der Waals surface area contributed by atoms with Gasteiger partial charge in [-0.05, 0) is 35.1 Å². The van der Waals surface area contributed by atoms with Crippen molar-refractivity contribution in [3.63, 3.8) is 0 Å². The molecule has 0 saturated carbocycles. The Morgan fingerprint density at radius 1 is 0.659 bits per heavy atom. The third-order valence-electron chi connectivity index (χ3n) is 8.64. The number of H-pyrrole nitrogens is 1. The number of nitrogens with one attached hydrogen (secondary N) is 4. The molecule has 0 spiro atoms. The largest absolute Gasteiger partial charge is 0.361 e. The fourth-order valence-corrected chi connectivity index (χ4v) is 6.39. The zero-order valence-electron chi connectivity index (χ0n) is 24.7. The summed E-state index contributed by atoms with van der Waals surface area (Å²) in [6, 6.07) is 23.1. The number of nitrogens with zero attached hydrogens (tertiary/aromatic N) is 1. The maximum absolute atomic E-state index is 14.2. The molecule has 1 aromatic heterocycles. The molecule has 226 valence electrons. The third kappa shape index (κ3) is 6.37. The fourth-order valence-electron chi connectivity index (χ4n) is 6.39. The van der Waals surface area contributed by atoms with Gasteiger partial charge in [-0.1, -0.05) is 85.8 Å². The van der Waals surface area contributed by atoms with Crippen LogP contribution >= 0.6 is 0 Å². The van der Waals surface area contributed by atoms with Crippen LogP contribution in [0.2, 0.25) is 0 Å². The number of amides is 4. The summed E-state index contributed by atoms with van der Waals surface area (Å²) in [5.74, 6) is -1.48. The second-order valence-corrected chi connectivity index (χ2v) is 12.0. The quantitative estimate of drug-likeness (QED) is 0.275. The summed E-state index contributed by atoms with van der Waals surface area (Å²) in [5.41, 5.74) is 3.53. The lowest BCUT2D eigenvalue weighted by molar-refractivity contribution is -0.143. The first kappa shape index (κ1) is 29.2. The van der Waals surface area contributed by atoms with Gasteiger partial charge < -0.3 is 25.8 Å². The average Bonchev–Trinajstić information content (AvgIpc) is 3.63. The zero-order valence-corrected chi connectivity index (χ0v) is 24.7. The van der Waals surface area contributed by atoms with E-state index in [1.165, 1.54) is 0 Å². The summed E-state index contributed by atoms with van der Waals surface area (Å²) in [5, 5.41) is 9.82. The molecule has 2 aliphatic heterocycles. The smallest absolute Gasteiger partial charge is 0.246 e. The average molecular weight is 592 g/mol. The van der Waals surface area contributed by atoms with E-state index < -0.39 is 36.0 Å². The lowest BCUT2D eigenvalue weighted by atomic mass is 9.99. The summed E-state index contributed by atoms with van der Waals surface area (Å²) in [6.45, 7) is 2.40. The molecule has 0 bridgehead atoms. The third-order valence-corrected chi connectivity index (χ3v) is 8.64. The summed E-state index contributed by atoms with van der Waals surface area (Å²) >= 11 is 0. The van der Waals surface area contributed by atoms with Gasteiger partial charge in [-0.25, -0.2) is 0 Å². The minimum atomic E-state index is -0.990. The van der Waals surface area contributed by atoms with Crippen molar-refractivity contribution < 1.29 is 19.2 Å². The number of aromatic amines is 1. The van der Waals surface area contributed by atoms with Crippen molar-refractivity contribution in [2.45, 2.75) is 56.8 Å². The molecular weight excluding hydrogens is 554 g/mol. The van der Waals surface area contributed by atoms with E-state index in [4.69, 9.17) is 0 Å². The lowest BCUT2D eigenvalue weighted by Gasteiger charge is -2.32. The van der Waals surface area contributed by atoms with E-state index in [9.17, 15) is 19.2 Å². The lowest BCUT2D eigenvalue weighted by Crippen LogP contribution is -2.62. The molecule has 4 N–H and O–H groups in total. The summed E-state index contributed by atoms with van der Waals surface area (Å²) in [6.07, 6.45) is 3.02. The molecule has 9 heteroatoms. The predicted molar refractivity (Wildman–Crippen MR) is 167 cm³/mol. The Kier molecular flexibility index (Phi) is 8.45. The van der Waals surface area contributed by atoms with Gasteiger partial charge in [0.25, 0.3) is 0 Å². The van der Waals surface area contributed by atoms with Gasteiger partial charge in [0, 0.05) is 42.9 Å². The Hall–Kier alpha value is -4.92.